The molecule has 4 aromatic rings. The van der Waals surface area contributed by atoms with Crippen LogP contribution in [0.15, 0.2) is 73.1 Å². The van der Waals surface area contributed by atoms with Gasteiger partial charge in [0.05, 0.1) is 22.5 Å². The molecule has 1 saturated heterocycles. The van der Waals surface area contributed by atoms with E-state index in [-0.39, 0.29) is 28.9 Å². The Hall–Kier alpha value is -4.51. The van der Waals surface area contributed by atoms with E-state index >= 15 is 0 Å². The molecule has 224 valence electrons. The Kier molecular flexibility index (Phi) is 8.63. The van der Waals surface area contributed by atoms with Gasteiger partial charge in [-0.3, -0.25) is 9.78 Å². The summed E-state index contributed by atoms with van der Waals surface area (Å²) >= 11 is 0. The van der Waals surface area contributed by atoms with E-state index in [4.69, 9.17) is 4.74 Å². The van der Waals surface area contributed by atoms with E-state index in [2.05, 4.69) is 15.3 Å². The number of halogens is 4. The predicted octanol–water partition coefficient (Wildman–Crippen LogP) is 7.05. The van der Waals surface area contributed by atoms with Crippen LogP contribution in [0.1, 0.15) is 35.0 Å². The number of ether oxygens (including phenoxy) is 1. The average Bonchev–Trinajstić information content (AvgIpc) is 3.48. The minimum atomic E-state index is -4.62. The molecule has 3 heterocycles. The summed E-state index contributed by atoms with van der Waals surface area (Å²) in [7, 11) is 3.88. The van der Waals surface area contributed by atoms with E-state index < -0.39 is 23.5 Å². The molecule has 1 N–H and O–H groups in total. The van der Waals surface area contributed by atoms with Crippen LogP contribution in [0.5, 0.6) is 11.6 Å². The van der Waals surface area contributed by atoms with Crippen LogP contribution in [0.3, 0.4) is 0 Å². The molecule has 0 spiro atoms. The number of carbonyl (C=O) groups excluding carboxylic acids is 1. The molecular weight excluding hydrogens is 562 g/mol. The first-order chi connectivity index (χ1) is 20.5. The SMILES string of the molecule is CCc1cc(-c2cccnc2Oc2ccc(F)c(C(=O)Nc3cc(C(F)(F)F)ccc3N3CC[C@@H](N(C)C)C3)c2)ccn1. The van der Waals surface area contributed by atoms with Crippen LogP contribution in [0.2, 0.25) is 0 Å². The Labute approximate surface area is 247 Å². The van der Waals surface area contributed by atoms with Gasteiger partial charge in [0.2, 0.25) is 5.88 Å². The predicted molar refractivity (Wildman–Crippen MR) is 157 cm³/mol. The number of aromatic nitrogens is 2. The maximum Gasteiger partial charge on any atom is 0.416 e. The van der Waals surface area contributed by atoms with Crippen molar-refractivity contribution in [2.45, 2.75) is 32.0 Å². The van der Waals surface area contributed by atoms with E-state index in [1.807, 2.05) is 49.0 Å². The summed E-state index contributed by atoms with van der Waals surface area (Å²) in [5.74, 6) is -1.39. The molecule has 0 aliphatic carbocycles. The molecule has 11 heteroatoms. The molecule has 2 aromatic carbocycles. The third-order valence-corrected chi connectivity index (χ3v) is 7.46. The highest BCUT2D eigenvalue weighted by Crippen LogP contribution is 2.38. The Morgan fingerprint density at radius 2 is 1.88 bits per heavy atom. The highest BCUT2D eigenvalue weighted by molar-refractivity contribution is 6.06. The zero-order valence-corrected chi connectivity index (χ0v) is 24.0. The van der Waals surface area contributed by atoms with Crippen molar-refractivity contribution in [1.29, 1.82) is 0 Å². The fraction of sp³-hybridized carbons (Fsp3) is 0.281. The van der Waals surface area contributed by atoms with Gasteiger partial charge in [-0.2, -0.15) is 13.2 Å². The number of likely N-dealkylation sites (N-methyl/N-ethyl adjacent to an activating group) is 1. The fourth-order valence-corrected chi connectivity index (χ4v) is 5.04. The van der Waals surface area contributed by atoms with Crippen LogP contribution in [0, 0.1) is 5.82 Å². The Bertz CT molecular complexity index is 1630. The zero-order chi connectivity index (χ0) is 30.7. The maximum atomic E-state index is 15.0. The van der Waals surface area contributed by atoms with E-state index in [1.54, 1.807) is 18.5 Å². The average molecular weight is 594 g/mol. The number of rotatable bonds is 8. The number of aryl methyl sites for hydroxylation is 1. The van der Waals surface area contributed by atoms with Crippen molar-refractivity contribution in [3.05, 3.63) is 95.7 Å². The Morgan fingerprint density at radius 3 is 2.60 bits per heavy atom. The highest BCUT2D eigenvalue weighted by Gasteiger charge is 2.33. The van der Waals surface area contributed by atoms with Crippen molar-refractivity contribution in [1.82, 2.24) is 14.9 Å². The summed E-state index contributed by atoms with van der Waals surface area (Å²) in [6.07, 6.45) is 0.163. The summed E-state index contributed by atoms with van der Waals surface area (Å²) in [5, 5.41) is 2.53. The molecule has 0 saturated carbocycles. The molecule has 0 unspecified atom stereocenters. The minimum Gasteiger partial charge on any atom is -0.438 e. The van der Waals surface area contributed by atoms with E-state index in [0.717, 1.165) is 42.3 Å². The minimum absolute atomic E-state index is 0.0543. The first-order valence-corrected chi connectivity index (χ1v) is 13.8. The number of amides is 1. The van der Waals surface area contributed by atoms with E-state index in [1.165, 1.54) is 18.2 Å². The number of hydrogen-bond donors (Lipinski definition) is 1. The van der Waals surface area contributed by atoms with Gasteiger partial charge in [-0.1, -0.05) is 6.92 Å². The van der Waals surface area contributed by atoms with Gasteiger partial charge in [0.1, 0.15) is 11.6 Å². The van der Waals surface area contributed by atoms with Crippen LogP contribution in [0.4, 0.5) is 28.9 Å². The van der Waals surface area contributed by atoms with Crippen LogP contribution >= 0.6 is 0 Å². The summed E-state index contributed by atoms with van der Waals surface area (Å²) in [6, 6.07) is 14.4. The Morgan fingerprint density at radius 1 is 1.07 bits per heavy atom. The molecule has 1 aliphatic heterocycles. The van der Waals surface area contributed by atoms with Crippen LogP contribution in [-0.2, 0) is 12.6 Å². The van der Waals surface area contributed by atoms with Gasteiger partial charge in [-0.05, 0) is 93.2 Å². The summed E-state index contributed by atoms with van der Waals surface area (Å²) in [5.41, 5.74) is 1.45. The number of nitrogens with one attached hydrogen (secondary N) is 1. The van der Waals surface area contributed by atoms with E-state index in [0.29, 0.717) is 24.3 Å². The molecule has 1 atom stereocenters. The molecular formula is C32H31F4N5O2. The second-order valence-corrected chi connectivity index (χ2v) is 10.5. The van der Waals surface area contributed by atoms with Crippen LogP contribution in [-0.4, -0.2) is 54.0 Å². The third-order valence-electron chi connectivity index (χ3n) is 7.46. The van der Waals surface area contributed by atoms with Gasteiger partial charge in [-0.15, -0.1) is 0 Å². The van der Waals surface area contributed by atoms with Crippen molar-refractivity contribution in [3.63, 3.8) is 0 Å². The molecule has 43 heavy (non-hydrogen) atoms. The van der Waals surface area contributed by atoms with Crippen LogP contribution in [0.25, 0.3) is 11.1 Å². The smallest absolute Gasteiger partial charge is 0.416 e. The number of pyridine rings is 2. The molecule has 1 amide bonds. The lowest BCUT2D eigenvalue weighted by Gasteiger charge is -2.25. The molecule has 2 aromatic heterocycles. The molecule has 7 nitrogen and oxygen atoms in total. The number of anilines is 2. The van der Waals surface area contributed by atoms with Crippen LogP contribution < -0.4 is 15.0 Å². The zero-order valence-electron chi connectivity index (χ0n) is 24.0. The number of hydrogen-bond acceptors (Lipinski definition) is 6. The highest BCUT2D eigenvalue weighted by atomic mass is 19.4. The third kappa shape index (κ3) is 6.77. The summed E-state index contributed by atoms with van der Waals surface area (Å²) < 4.78 is 61.8. The largest absolute Gasteiger partial charge is 0.438 e. The van der Waals surface area contributed by atoms with Gasteiger partial charge in [-0.25, -0.2) is 9.37 Å². The first kappa shape index (κ1) is 30.0. The van der Waals surface area contributed by atoms with Gasteiger partial charge in [0.15, 0.2) is 0 Å². The lowest BCUT2D eigenvalue weighted by molar-refractivity contribution is -0.137. The topological polar surface area (TPSA) is 70.6 Å². The maximum absolute atomic E-state index is 15.0. The van der Waals surface area contributed by atoms with Crippen molar-refractivity contribution < 1.29 is 27.1 Å². The van der Waals surface area contributed by atoms with Crippen molar-refractivity contribution in [2.24, 2.45) is 0 Å². The summed E-state index contributed by atoms with van der Waals surface area (Å²) in [4.78, 5) is 26.0. The normalized spacial score (nSPS) is 15.2. The molecule has 0 bridgehead atoms. The second kappa shape index (κ2) is 12.4. The fourth-order valence-electron chi connectivity index (χ4n) is 5.04. The number of alkyl halides is 3. The quantitative estimate of drug-likeness (QED) is 0.221. The van der Waals surface area contributed by atoms with Gasteiger partial charge in [0, 0.05) is 42.8 Å². The van der Waals surface area contributed by atoms with E-state index in [9.17, 15) is 22.4 Å². The lowest BCUT2D eigenvalue weighted by Crippen LogP contribution is -2.31. The second-order valence-electron chi connectivity index (χ2n) is 10.5. The number of carbonyl (C=O) groups is 1. The van der Waals surface area contributed by atoms with Gasteiger partial charge < -0.3 is 19.9 Å². The first-order valence-electron chi connectivity index (χ1n) is 13.8. The monoisotopic (exact) mass is 593 g/mol. The molecule has 0 radical (unpaired) electrons. The summed E-state index contributed by atoms with van der Waals surface area (Å²) in [6.45, 7) is 3.16. The Balaban J connectivity index is 1.44. The molecule has 1 aliphatic rings. The van der Waals surface area contributed by atoms with Crippen molar-refractivity contribution in [3.8, 4) is 22.8 Å². The van der Waals surface area contributed by atoms with Crippen molar-refractivity contribution >= 4 is 17.3 Å². The standard InChI is InChI=1S/C32H31F4N5O2/c1-4-22-16-20(11-14-37-22)25-6-5-13-38-31(25)43-24-8-9-27(33)26(18-24)30(42)39-28-17-21(32(34,35)36)7-10-29(28)41-15-12-23(19-41)40(2)3/h5-11,13-14,16-18,23H,4,12,15,19H2,1-3H3,(H,39,42)/t23-/m1/s1. The van der Waals surface area contributed by atoms with Crippen molar-refractivity contribution in [2.75, 3.05) is 37.4 Å². The molecule has 1 fully saturated rings. The number of nitrogens with zero attached hydrogens (tertiary/aromatic N) is 4. The molecule has 5 rings (SSSR count). The van der Waals surface area contributed by atoms with Gasteiger partial charge in [0.25, 0.3) is 5.91 Å². The lowest BCUT2D eigenvalue weighted by atomic mass is 10.1. The van der Waals surface area contributed by atoms with Gasteiger partial charge >= 0.3 is 6.18 Å². The number of benzene rings is 2.